The Bertz CT molecular complexity index is 523. The van der Waals surface area contributed by atoms with Crippen LogP contribution in [0.4, 0.5) is 0 Å². The SMILES string of the molecule is N#Cc1ccc(C(=O)NC2CCCC2C#N)nc1. The van der Waals surface area contributed by atoms with E-state index < -0.39 is 0 Å². The zero-order valence-electron chi connectivity index (χ0n) is 9.76. The van der Waals surface area contributed by atoms with Gasteiger partial charge in [0.15, 0.2) is 0 Å². The average Bonchev–Trinajstić information content (AvgIpc) is 2.86. The number of hydrogen-bond donors (Lipinski definition) is 1. The van der Waals surface area contributed by atoms with E-state index >= 15 is 0 Å². The minimum Gasteiger partial charge on any atom is -0.347 e. The summed E-state index contributed by atoms with van der Waals surface area (Å²) in [7, 11) is 0. The normalized spacial score (nSPS) is 21.9. The van der Waals surface area contributed by atoms with Crippen molar-refractivity contribution in [2.45, 2.75) is 25.3 Å². The van der Waals surface area contributed by atoms with Crippen molar-refractivity contribution in [1.82, 2.24) is 10.3 Å². The van der Waals surface area contributed by atoms with Gasteiger partial charge in [0.2, 0.25) is 0 Å². The van der Waals surface area contributed by atoms with Gasteiger partial charge in [-0.05, 0) is 31.4 Å². The summed E-state index contributed by atoms with van der Waals surface area (Å²) in [5, 5.41) is 20.4. The van der Waals surface area contributed by atoms with Crippen LogP contribution in [0.2, 0.25) is 0 Å². The lowest BCUT2D eigenvalue weighted by Crippen LogP contribution is -2.37. The molecule has 1 aliphatic carbocycles. The molecule has 5 nitrogen and oxygen atoms in total. The molecule has 2 atom stereocenters. The topological polar surface area (TPSA) is 89.6 Å². The molecule has 1 amide bonds. The van der Waals surface area contributed by atoms with Crippen molar-refractivity contribution in [3.63, 3.8) is 0 Å². The Morgan fingerprint density at radius 3 is 2.83 bits per heavy atom. The largest absolute Gasteiger partial charge is 0.347 e. The van der Waals surface area contributed by atoms with Crippen LogP contribution in [0.15, 0.2) is 18.3 Å². The second-order valence-corrected chi connectivity index (χ2v) is 4.29. The van der Waals surface area contributed by atoms with E-state index in [1.165, 1.54) is 12.3 Å². The Balaban J connectivity index is 2.03. The van der Waals surface area contributed by atoms with Gasteiger partial charge in [-0.25, -0.2) is 4.98 Å². The quantitative estimate of drug-likeness (QED) is 0.845. The maximum Gasteiger partial charge on any atom is 0.270 e. The van der Waals surface area contributed by atoms with Gasteiger partial charge in [-0.1, -0.05) is 0 Å². The van der Waals surface area contributed by atoms with Crippen LogP contribution in [-0.2, 0) is 0 Å². The molecule has 0 saturated heterocycles. The summed E-state index contributed by atoms with van der Waals surface area (Å²) in [6.07, 6.45) is 4.00. The lowest BCUT2D eigenvalue weighted by molar-refractivity contribution is 0.0928. The van der Waals surface area contributed by atoms with Crippen molar-refractivity contribution in [2.24, 2.45) is 5.92 Å². The van der Waals surface area contributed by atoms with Gasteiger partial charge < -0.3 is 5.32 Å². The number of carbonyl (C=O) groups is 1. The summed E-state index contributed by atoms with van der Waals surface area (Å²) in [4.78, 5) is 15.8. The Kier molecular flexibility index (Phi) is 3.54. The molecule has 1 fully saturated rings. The highest BCUT2D eigenvalue weighted by molar-refractivity contribution is 5.92. The van der Waals surface area contributed by atoms with E-state index in [2.05, 4.69) is 16.4 Å². The van der Waals surface area contributed by atoms with Crippen molar-refractivity contribution < 1.29 is 4.79 Å². The molecule has 1 aliphatic rings. The maximum atomic E-state index is 11.9. The first-order chi connectivity index (χ1) is 8.74. The number of nitrogens with zero attached hydrogens (tertiary/aromatic N) is 3. The number of nitrogens with one attached hydrogen (secondary N) is 1. The van der Waals surface area contributed by atoms with E-state index in [4.69, 9.17) is 10.5 Å². The Morgan fingerprint density at radius 2 is 2.22 bits per heavy atom. The molecule has 0 spiro atoms. The van der Waals surface area contributed by atoms with Crippen LogP contribution in [-0.4, -0.2) is 16.9 Å². The third kappa shape index (κ3) is 2.46. The summed E-state index contributed by atoms with van der Waals surface area (Å²) in [6.45, 7) is 0. The fourth-order valence-electron chi connectivity index (χ4n) is 2.12. The summed E-state index contributed by atoms with van der Waals surface area (Å²) in [5.41, 5.74) is 0.694. The van der Waals surface area contributed by atoms with Crippen LogP contribution in [0.5, 0.6) is 0 Å². The monoisotopic (exact) mass is 240 g/mol. The van der Waals surface area contributed by atoms with Crippen LogP contribution in [0.1, 0.15) is 35.3 Å². The van der Waals surface area contributed by atoms with E-state index in [1.54, 1.807) is 6.07 Å². The standard InChI is InChI=1S/C13H12N4O/c14-6-9-4-5-12(16-8-9)13(18)17-11-3-1-2-10(11)7-15/h4-5,8,10-11H,1-3H2,(H,17,18). The highest BCUT2D eigenvalue weighted by Crippen LogP contribution is 2.24. The number of nitriles is 2. The van der Waals surface area contributed by atoms with Crippen molar-refractivity contribution in [3.8, 4) is 12.1 Å². The summed E-state index contributed by atoms with van der Waals surface area (Å²) in [5.74, 6) is -0.390. The predicted molar refractivity (Wildman–Crippen MR) is 63.2 cm³/mol. The number of pyridine rings is 1. The first-order valence-electron chi connectivity index (χ1n) is 5.81. The molecule has 1 N–H and O–H groups in total. The molecule has 2 rings (SSSR count). The molecule has 0 aliphatic heterocycles. The minimum absolute atomic E-state index is 0.0834. The molecule has 1 heterocycles. The number of hydrogen-bond acceptors (Lipinski definition) is 4. The average molecular weight is 240 g/mol. The number of rotatable bonds is 2. The summed E-state index contributed by atoms with van der Waals surface area (Å²) >= 11 is 0. The lowest BCUT2D eigenvalue weighted by atomic mass is 10.1. The second-order valence-electron chi connectivity index (χ2n) is 4.29. The Labute approximate surface area is 105 Å². The van der Waals surface area contributed by atoms with Crippen molar-refractivity contribution in [1.29, 1.82) is 10.5 Å². The molecular weight excluding hydrogens is 228 g/mol. The Morgan fingerprint density at radius 1 is 1.39 bits per heavy atom. The van der Waals surface area contributed by atoms with Crippen LogP contribution in [0.3, 0.4) is 0 Å². The molecule has 0 radical (unpaired) electrons. The van der Waals surface area contributed by atoms with Crippen LogP contribution in [0, 0.1) is 28.6 Å². The van der Waals surface area contributed by atoms with Crippen molar-refractivity contribution in [3.05, 3.63) is 29.6 Å². The van der Waals surface area contributed by atoms with Gasteiger partial charge in [-0.15, -0.1) is 0 Å². The fourth-order valence-corrected chi connectivity index (χ4v) is 2.12. The molecular formula is C13H12N4O. The van der Waals surface area contributed by atoms with Crippen LogP contribution < -0.4 is 5.32 Å². The molecule has 1 aromatic heterocycles. The second kappa shape index (κ2) is 5.29. The highest BCUT2D eigenvalue weighted by Gasteiger charge is 2.28. The van der Waals surface area contributed by atoms with Crippen LogP contribution >= 0.6 is 0 Å². The van der Waals surface area contributed by atoms with E-state index in [-0.39, 0.29) is 23.6 Å². The molecule has 1 aromatic rings. The van der Waals surface area contributed by atoms with Gasteiger partial charge in [0.1, 0.15) is 11.8 Å². The summed E-state index contributed by atoms with van der Waals surface area (Å²) < 4.78 is 0. The zero-order valence-corrected chi connectivity index (χ0v) is 9.76. The minimum atomic E-state index is -0.286. The predicted octanol–water partition coefficient (Wildman–Crippen LogP) is 1.38. The molecule has 2 unspecified atom stereocenters. The number of amides is 1. The lowest BCUT2D eigenvalue weighted by Gasteiger charge is -2.14. The summed E-state index contributed by atoms with van der Waals surface area (Å²) in [6, 6.07) is 7.14. The first-order valence-corrected chi connectivity index (χ1v) is 5.81. The molecule has 0 aromatic carbocycles. The molecule has 0 bridgehead atoms. The third-order valence-electron chi connectivity index (χ3n) is 3.12. The molecule has 1 saturated carbocycles. The smallest absolute Gasteiger partial charge is 0.270 e. The zero-order chi connectivity index (χ0) is 13.0. The molecule has 18 heavy (non-hydrogen) atoms. The van der Waals surface area contributed by atoms with E-state index in [0.29, 0.717) is 5.56 Å². The van der Waals surface area contributed by atoms with Crippen molar-refractivity contribution in [2.75, 3.05) is 0 Å². The van der Waals surface area contributed by atoms with E-state index in [1.807, 2.05) is 6.07 Å². The first kappa shape index (κ1) is 12.1. The van der Waals surface area contributed by atoms with Gasteiger partial charge >= 0.3 is 0 Å². The van der Waals surface area contributed by atoms with Gasteiger partial charge in [0.25, 0.3) is 5.91 Å². The fraction of sp³-hybridized carbons (Fsp3) is 0.385. The number of carbonyl (C=O) groups excluding carboxylic acids is 1. The molecule has 90 valence electrons. The van der Waals surface area contributed by atoms with E-state index in [9.17, 15) is 4.79 Å². The highest BCUT2D eigenvalue weighted by atomic mass is 16.1. The van der Waals surface area contributed by atoms with Gasteiger partial charge in [0.05, 0.1) is 17.6 Å². The third-order valence-corrected chi connectivity index (χ3v) is 3.12. The van der Waals surface area contributed by atoms with Crippen molar-refractivity contribution >= 4 is 5.91 Å². The number of aromatic nitrogens is 1. The molecule has 5 heteroatoms. The maximum absolute atomic E-state index is 11.9. The van der Waals surface area contributed by atoms with Crippen LogP contribution in [0.25, 0.3) is 0 Å². The van der Waals surface area contributed by atoms with E-state index in [0.717, 1.165) is 19.3 Å². The van der Waals surface area contributed by atoms with Gasteiger partial charge in [-0.3, -0.25) is 4.79 Å². The van der Waals surface area contributed by atoms with Gasteiger partial charge in [-0.2, -0.15) is 10.5 Å². The van der Waals surface area contributed by atoms with Gasteiger partial charge in [0, 0.05) is 12.2 Å². The Hall–Kier alpha value is -2.40.